The first kappa shape index (κ1) is 14.9. The second-order valence-electron chi connectivity index (χ2n) is 3.66. The van der Waals surface area contributed by atoms with E-state index in [2.05, 4.69) is 0 Å². The van der Waals surface area contributed by atoms with Crippen molar-refractivity contribution in [3.8, 4) is 22.6 Å². The molecule has 2 N–H and O–H groups in total. The van der Waals surface area contributed by atoms with E-state index in [0.717, 1.165) is 6.07 Å². The normalized spacial score (nSPS) is 10.8. The van der Waals surface area contributed by atoms with E-state index in [1.165, 1.54) is 12.1 Å². The van der Waals surface area contributed by atoms with E-state index >= 15 is 0 Å². The Balaban J connectivity index is 2.84. The van der Waals surface area contributed by atoms with Gasteiger partial charge in [-0.1, -0.05) is 58.0 Å². The highest BCUT2D eigenvalue weighted by molar-refractivity contribution is 6.46. The van der Waals surface area contributed by atoms with E-state index < -0.39 is 11.5 Å². The predicted octanol–water partition coefficient (Wildman–Crippen LogP) is 6.03. The van der Waals surface area contributed by atoms with Gasteiger partial charge in [-0.2, -0.15) is 0 Å². The molecule has 2 rings (SSSR count). The van der Waals surface area contributed by atoms with Crippen molar-refractivity contribution in [2.75, 3.05) is 0 Å². The Kier molecular flexibility index (Phi) is 4.29. The average molecular weight is 358 g/mol. The second kappa shape index (κ2) is 5.47. The Hall–Kier alpha value is -0.510. The van der Waals surface area contributed by atoms with Crippen LogP contribution in [0.1, 0.15) is 0 Å². The third kappa shape index (κ3) is 2.69. The van der Waals surface area contributed by atoms with E-state index in [1.807, 2.05) is 0 Å². The molecule has 0 amide bonds. The van der Waals surface area contributed by atoms with Crippen LogP contribution in [0.25, 0.3) is 11.1 Å². The molecule has 0 heterocycles. The molecule has 7 heteroatoms. The van der Waals surface area contributed by atoms with Crippen molar-refractivity contribution in [1.82, 2.24) is 0 Å². The molecule has 0 unspecified atom stereocenters. The number of rotatable bonds is 1. The van der Waals surface area contributed by atoms with Gasteiger partial charge in [-0.25, -0.2) is 0 Å². The predicted molar refractivity (Wildman–Crippen MR) is 80.3 cm³/mol. The third-order valence-electron chi connectivity index (χ3n) is 2.43. The third-order valence-corrected chi connectivity index (χ3v) is 3.91. The number of phenols is 2. The van der Waals surface area contributed by atoms with E-state index in [4.69, 9.17) is 58.0 Å². The molecule has 2 nitrogen and oxygen atoms in total. The largest absolute Gasteiger partial charge is 0.504 e. The van der Waals surface area contributed by atoms with Crippen LogP contribution >= 0.6 is 58.0 Å². The fourth-order valence-corrected chi connectivity index (χ4v) is 3.25. The first-order chi connectivity index (χ1) is 8.82. The zero-order chi connectivity index (χ0) is 14.3. The Morgan fingerprint density at radius 2 is 1.16 bits per heavy atom. The molecule has 100 valence electrons. The van der Waals surface area contributed by atoms with Crippen LogP contribution in [0.15, 0.2) is 18.2 Å². The molecular formula is C12H5Cl5O2. The van der Waals surface area contributed by atoms with Crippen molar-refractivity contribution in [3.63, 3.8) is 0 Å². The number of aromatic hydroxyl groups is 2. The van der Waals surface area contributed by atoms with Crippen molar-refractivity contribution >= 4 is 58.0 Å². The summed E-state index contributed by atoms with van der Waals surface area (Å²) in [6.45, 7) is 0. The number of hydrogen-bond acceptors (Lipinski definition) is 2. The summed E-state index contributed by atoms with van der Waals surface area (Å²) in [5, 5.41) is 19.9. The van der Waals surface area contributed by atoms with Crippen LogP contribution in [0, 0.1) is 0 Å². The van der Waals surface area contributed by atoms with Crippen LogP contribution in [0.2, 0.25) is 25.1 Å². The van der Waals surface area contributed by atoms with Gasteiger partial charge in [0.05, 0.1) is 20.1 Å². The Morgan fingerprint density at radius 1 is 0.684 bits per heavy atom. The van der Waals surface area contributed by atoms with E-state index in [-0.39, 0.29) is 25.7 Å². The smallest absolute Gasteiger partial charge is 0.177 e. The molecule has 0 aromatic heterocycles. The van der Waals surface area contributed by atoms with Crippen LogP contribution in [-0.4, -0.2) is 10.2 Å². The zero-order valence-corrected chi connectivity index (χ0v) is 12.8. The Morgan fingerprint density at radius 3 is 1.68 bits per heavy atom. The maximum atomic E-state index is 9.66. The summed E-state index contributed by atoms with van der Waals surface area (Å²) in [6, 6.07) is 4.10. The molecule has 0 aliphatic rings. The van der Waals surface area contributed by atoms with Crippen LogP contribution in [0.5, 0.6) is 11.5 Å². The van der Waals surface area contributed by atoms with Gasteiger partial charge in [0.1, 0.15) is 0 Å². The van der Waals surface area contributed by atoms with Crippen molar-refractivity contribution in [2.24, 2.45) is 0 Å². The lowest BCUT2D eigenvalue weighted by Gasteiger charge is -2.13. The highest BCUT2D eigenvalue weighted by atomic mass is 35.5. The number of benzene rings is 2. The van der Waals surface area contributed by atoms with E-state index in [9.17, 15) is 10.2 Å². The molecule has 0 aliphatic carbocycles. The average Bonchev–Trinajstić information content (AvgIpc) is 2.29. The van der Waals surface area contributed by atoms with E-state index in [0.29, 0.717) is 10.6 Å². The quantitative estimate of drug-likeness (QED) is 0.611. The maximum absolute atomic E-state index is 9.66. The lowest BCUT2D eigenvalue weighted by atomic mass is 10.0. The summed E-state index contributed by atoms with van der Waals surface area (Å²) in [5.41, 5.74) is 0.559. The minimum atomic E-state index is -0.497. The lowest BCUT2D eigenvalue weighted by Crippen LogP contribution is -1.87. The van der Waals surface area contributed by atoms with Crippen molar-refractivity contribution in [1.29, 1.82) is 0 Å². The van der Waals surface area contributed by atoms with Gasteiger partial charge in [-0.15, -0.1) is 0 Å². The molecule has 0 spiro atoms. The van der Waals surface area contributed by atoms with Gasteiger partial charge in [0, 0.05) is 22.2 Å². The summed E-state index contributed by atoms with van der Waals surface area (Å²) in [7, 11) is 0. The summed E-state index contributed by atoms with van der Waals surface area (Å²) in [4.78, 5) is 0. The summed E-state index contributed by atoms with van der Waals surface area (Å²) in [6.07, 6.45) is 0. The molecular weight excluding hydrogens is 353 g/mol. The van der Waals surface area contributed by atoms with Gasteiger partial charge >= 0.3 is 0 Å². The second-order valence-corrected chi connectivity index (χ2v) is 5.70. The van der Waals surface area contributed by atoms with E-state index in [1.54, 1.807) is 0 Å². The summed E-state index contributed by atoms with van der Waals surface area (Å²) >= 11 is 30.0. The standard InChI is InChI=1S/C12H5Cl5O2/c13-4-1-5(14)9(6(15)2-4)10-7(16)3-8(18)12(19)11(10)17/h1-3,18-19H. The van der Waals surface area contributed by atoms with Crippen molar-refractivity contribution in [3.05, 3.63) is 43.3 Å². The summed E-state index contributed by atoms with van der Waals surface area (Å²) < 4.78 is 0. The first-order valence-electron chi connectivity index (χ1n) is 4.87. The molecule has 0 fully saturated rings. The number of halogens is 5. The molecule has 0 atom stereocenters. The van der Waals surface area contributed by atoms with Gasteiger partial charge in [-0.3, -0.25) is 0 Å². The van der Waals surface area contributed by atoms with Crippen molar-refractivity contribution in [2.45, 2.75) is 0 Å². The van der Waals surface area contributed by atoms with Gasteiger partial charge in [0.25, 0.3) is 0 Å². The van der Waals surface area contributed by atoms with Gasteiger partial charge in [0.15, 0.2) is 11.5 Å². The SMILES string of the molecule is Oc1cc(Cl)c(-c2c(Cl)cc(Cl)cc2Cl)c(Cl)c1O. The fraction of sp³-hybridized carbons (Fsp3) is 0. The van der Waals surface area contributed by atoms with Crippen LogP contribution in [0.3, 0.4) is 0 Å². The maximum Gasteiger partial charge on any atom is 0.177 e. The Bertz CT molecular complexity index is 647. The summed E-state index contributed by atoms with van der Waals surface area (Å²) in [5.74, 6) is -0.928. The molecule has 0 saturated carbocycles. The first-order valence-corrected chi connectivity index (χ1v) is 6.76. The molecule has 19 heavy (non-hydrogen) atoms. The number of phenolic OH excluding ortho intramolecular Hbond substituents is 2. The topological polar surface area (TPSA) is 40.5 Å². The zero-order valence-electron chi connectivity index (χ0n) is 9.02. The highest BCUT2D eigenvalue weighted by Gasteiger charge is 2.21. The van der Waals surface area contributed by atoms with Gasteiger partial charge < -0.3 is 10.2 Å². The molecule has 0 bridgehead atoms. The molecule has 2 aromatic carbocycles. The highest BCUT2D eigenvalue weighted by Crippen LogP contribution is 2.49. The molecule has 0 radical (unpaired) electrons. The van der Waals surface area contributed by atoms with Gasteiger partial charge in [-0.05, 0) is 12.1 Å². The molecule has 0 saturated heterocycles. The minimum absolute atomic E-state index is 0.103. The molecule has 0 aliphatic heterocycles. The Labute approximate surface area is 134 Å². The van der Waals surface area contributed by atoms with Crippen LogP contribution in [0.4, 0.5) is 0 Å². The minimum Gasteiger partial charge on any atom is -0.504 e. The molecule has 2 aromatic rings. The fourth-order valence-electron chi connectivity index (χ4n) is 1.61. The van der Waals surface area contributed by atoms with Crippen molar-refractivity contribution < 1.29 is 10.2 Å². The monoisotopic (exact) mass is 356 g/mol. The van der Waals surface area contributed by atoms with Crippen LogP contribution < -0.4 is 0 Å². The van der Waals surface area contributed by atoms with Crippen LogP contribution in [-0.2, 0) is 0 Å². The van der Waals surface area contributed by atoms with Gasteiger partial charge in [0.2, 0.25) is 0 Å². The number of hydrogen-bond donors (Lipinski definition) is 2. The lowest BCUT2D eigenvalue weighted by molar-refractivity contribution is 0.404.